The van der Waals surface area contributed by atoms with Crippen molar-refractivity contribution in [2.45, 2.75) is 64.7 Å². The van der Waals surface area contributed by atoms with Crippen molar-refractivity contribution in [3.05, 3.63) is 12.2 Å². The van der Waals surface area contributed by atoms with Crippen LogP contribution in [-0.4, -0.2) is 12.3 Å². The van der Waals surface area contributed by atoms with Gasteiger partial charge in [0.1, 0.15) is 0 Å². The van der Waals surface area contributed by atoms with Gasteiger partial charge in [0, 0.05) is 12.3 Å². The molecule has 1 heteroatoms. The number of aliphatic imine (C=N–C) groups is 1. The van der Waals surface area contributed by atoms with Crippen molar-refractivity contribution in [3.63, 3.8) is 0 Å². The number of hydrogen-bond donors (Lipinski definition) is 0. The second kappa shape index (κ2) is 8.70. The summed E-state index contributed by atoms with van der Waals surface area (Å²) in [5.41, 5.74) is 1.32. The highest BCUT2D eigenvalue weighted by Gasteiger charge is 1.98. The average molecular weight is 207 g/mol. The average Bonchev–Trinajstić information content (AvgIpc) is 2.22. The van der Waals surface area contributed by atoms with Gasteiger partial charge in [-0.1, -0.05) is 44.6 Å². The van der Waals surface area contributed by atoms with Crippen LogP contribution < -0.4 is 0 Å². The first-order chi connectivity index (χ1) is 7.43. The van der Waals surface area contributed by atoms with Crippen molar-refractivity contribution in [3.8, 4) is 0 Å². The third-order valence-electron chi connectivity index (χ3n) is 3.01. The van der Waals surface area contributed by atoms with Crippen LogP contribution in [0.15, 0.2) is 17.1 Å². The molecule has 1 nitrogen and oxygen atoms in total. The summed E-state index contributed by atoms with van der Waals surface area (Å²) < 4.78 is 0. The molecule has 86 valence electrons. The molecule has 1 heterocycles. The van der Waals surface area contributed by atoms with Gasteiger partial charge in [-0.3, -0.25) is 4.99 Å². The molecule has 0 aromatic carbocycles. The van der Waals surface area contributed by atoms with E-state index < -0.39 is 0 Å². The summed E-state index contributed by atoms with van der Waals surface area (Å²) in [7, 11) is 0. The first-order valence-electron chi connectivity index (χ1n) is 6.59. The Morgan fingerprint density at radius 2 is 1.47 bits per heavy atom. The van der Waals surface area contributed by atoms with Crippen molar-refractivity contribution in [2.75, 3.05) is 6.54 Å². The second-order valence-corrected chi connectivity index (χ2v) is 4.45. The molecule has 0 N–H and O–H groups in total. The fraction of sp³-hybridized carbons (Fsp3) is 0.786. The summed E-state index contributed by atoms with van der Waals surface area (Å²) in [6.45, 7) is 3.12. The fourth-order valence-electron chi connectivity index (χ4n) is 2.11. The molecule has 0 atom stereocenters. The Kier molecular flexibility index (Phi) is 7.24. The van der Waals surface area contributed by atoms with Crippen molar-refractivity contribution >= 4 is 5.71 Å². The molecule has 1 aliphatic rings. The Balaban J connectivity index is 2.38. The lowest BCUT2D eigenvalue weighted by molar-refractivity contribution is 0.569. The Bertz CT molecular complexity index is 203. The monoisotopic (exact) mass is 207 g/mol. The minimum atomic E-state index is 1.04. The van der Waals surface area contributed by atoms with Gasteiger partial charge in [-0.15, -0.1) is 0 Å². The molecule has 0 saturated carbocycles. The highest BCUT2D eigenvalue weighted by molar-refractivity contribution is 5.94. The molecule has 0 bridgehead atoms. The largest absolute Gasteiger partial charge is 0.290 e. The maximum atomic E-state index is 4.68. The van der Waals surface area contributed by atoms with E-state index in [0.717, 1.165) is 6.54 Å². The van der Waals surface area contributed by atoms with E-state index in [1.54, 1.807) is 0 Å². The summed E-state index contributed by atoms with van der Waals surface area (Å²) in [5.74, 6) is 0. The van der Waals surface area contributed by atoms with Crippen LogP contribution in [-0.2, 0) is 0 Å². The standard InChI is InChI=1S/C14H25N/c1-2-11-14-12-9-7-5-3-4-6-8-10-13-15-14/h2,11H,3-10,12-13H2,1H3/b11-2+,15-14?. The van der Waals surface area contributed by atoms with E-state index in [4.69, 9.17) is 0 Å². The van der Waals surface area contributed by atoms with Gasteiger partial charge in [0.15, 0.2) is 0 Å². The first kappa shape index (κ1) is 12.5. The van der Waals surface area contributed by atoms with Gasteiger partial charge in [-0.05, 0) is 32.3 Å². The molecule has 0 unspecified atom stereocenters. The highest BCUT2D eigenvalue weighted by atomic mass is 14.7. The molecule has 0 saturated heterocycles. The third kappa shape index (κ3) is 6.48. The predicted octanol–water partition coefficient (Wildman–Crippen LogP) is 4.53. The Labute approximate surface area is 94.7 Å². The van der Waals surface area contributed by atoms with Gasteiger partial charge in [0.05, 0.1) is 0 Å². The lowest BCUT2D eigenvalue weighted by atomic mass is 10.0. The lowest BCUT2D eigenvalue weighted by Crippen LogP contribution is -1.97. The number of allylic oxidation sites excluding steroid dienone is 2. The van der Waals surface area contributed by atoms with Crippen LogP contribution in [0.1, 0.15) is 64.7 Å². The highest BCUT2D eigenvalue weighted by Crippen LogP contribution is 2.12. The maximum Gasteiger partial charge on any atom is 0.0392 e. The predicted molar refractivity (Wildman–Crippen MR) is 68.7 cm³/mol. The SMILES string of the molecule is C/C=C/C1=NCCCCCCCCCC1. The van der Waals surface area contributed by atoms with Crippen LogP contribution in [0.3, 0.4) is 0 Å². The minimum absolute atomic E-state index is 1.04. The van der Waals surface area contributed by atoms with Crippen molar-refractivity contribution in [1.29, 1.82) is 0 Å². The number of nitrogens with zero attached hydrogens (tertiary/aromatic N) is 1. The summed E-state index contributed by atoms with van der Waals surface area (Å²) in [6, 6.07) is 0. The van der Waals surface area contributed by atoms with Gasteiger partial charge in [0.25, 0.3) is 0 Å². The van der Waals surface area contributed by atoms with Crippen molar-refractivity contribution in [2.24, 2.45) is 4.99 Å². The molecular formula is C14H25N. The second-order valence-electron chi connectivity index (χ2n) is 4.45. The van der Waals surface area contributed by atoms with Gasteiger partial charge < -0.3 is 0 Å². The van der Waals surface area contributed by atoms with E-state index in [0.29, 0.717) is 0 Å². The van der Waals surface area contributed by atoms with E-state index in [1.165, 1.54) is 63.5 Å². The van der Waals surface area contributed by atoms with Gasteiger partial charge in [-0.25, -0.2) is 0 Å². The normalized spacial score (nSPS) is 21.8. The van der Waals surface area contributed by atoms with Crippen LogP contribution in [0.4, 0.5) is 0 Å². The van der Waals surface area contributed by atoms with Crippen LogP contribution >= 0.6 is 0 Å². The van der Waals surface area contributed by atoms with Crippen LogP contribution in [0.5, 0.6) is 0 Å². The van der Waals surface area contributed by atoms with Gasteiger partial charge in [-0.2, -0.15) is 0 Å². The van der Waals surface area contributed by atoms with Crippen LogP contribution in [0, 0.1) is 0 Å². The Morgan fingerprint density at radius 1 is 0.867 bits per heavy atom. The molecule has 1 rings (SSSR count). The summed E-state index contributed by atoms with van der Waals surface area (Å²) in [4.78, 5) is 4.68. The molecule has 15 heavy (non-hydrogen) atoms. The minimum Gasteiger partial charge on any atom is -0.290 e. The molecular weight excluding hydrogens is 182 g/mol. The smallest absolute Gasteiger partial charge is 0.0392 e. The Morgan fingerprint density at radius 3 is 2.13 bits per heavy atom. The lowest BCUT2D eigenvalue weighted by Gasteiger charge is -2.06. The summed E-state index contributed by atoms with van der Waals surface area (Å²) >= 11 is 0. The third-order valence-corrected chi connectivity index (χ3v) is 3.01. The molecule has 0 aromatic rings. The van der Waals surface area contributed by atoms with Gasteiger partial charge in [0.2, 0.25) is 0 Å². The number of hydrogen-bond acceptors (Lipinski definition) is 1. The van der Waals surface area contributed by atoms with Crippen LogP contribution in [0.2, 0.25) is 0 Å². The molecule has 0 aromatic heterocycles. The van der Waals surface area contributed by atoms with Crippen molar-refractivity contribution < 1.29 is 0 Å². The number of rotatable bonds is 1. The first-order valence-corrected chi connectivity index (χ1v) is 6.59. The van der Waals surface area contributed by atoms with Crippen LogP contribution in [0.25, 0.3) is 0 Å². The maximum absolute atomic E-state index is 4.68. The fourth-order valence-corrected chi connectivity index (χ4v) is 2.11. The quantitative estimate of drug-likeness (QED) is 0.599. The molecule has 0 spiro atoms. The molecule has 1 aliphatic heterocycles. The molecule has 0 fully saturated rings. The topological polar surface area (TPSA) is 12.4 Å². The van der Waals surface area contributed by atoms with E-state index in [1.807, 2.05) is 0 Å². The van der Waals surface area contributed by atoms with E-state index in [-0.39, 0.29) is 0 Å². The van der Waals surface area contributed by atoms with E-state index >= 15 is 0 Å². The van der Waals surface area contributed by atoms with E-state index in [9.17, 15) is 0 Å². The zero-order chi connectivity index (χ0) is 10.8. The molecule has 0 aliphatic carbocycles. The molecule has 0 amide bonds. The summed E-state index contributed by atoms with van der Waals surface area (Å²) in [6.07, 6.45) is 16.5. The van der Waals surface area contributed by atoms with Gasteiger partial charge >= 0.3 is 0 Å². The Hall–Kier alpha value is -0.590. The molecule has 0 radical (unpaired) electrons. The van der Waals surface area contributed by atoms with Crippen molar-refractivity contribution in [1.82, 2.24) is 0 Å². The zero-order valence-corrected chi connectivity index (χ0v) is 10.2. The zero-order valence-electron chi connectivity index (χ0n) is 10.2. The van der Waals surface area contributed by atoms with E-state index in [2.05, 4.69) is 24.1 Å². The summed E-state index contributed by atoms with van der Waals surface area (Å²) in [5, 5.41) is 0.